The van der Waals surface area contributed by atoms with Gasteiger partial charge in [0.2, 0.25) is 0 Å². The molecule has 106 valence electrons. The number of rotatable bonds is 4. The van der Waals surface area contributed by atoms with Crippen molar-refractivity contribution in [3.8, 4) is 0 Å². The Balaban J connectivity index is 2.25. The van der Waals surface area contributed by atoms with Crippen LogP contribution in [0.2, 0.25) is 0 Å². The Morgan fingerprint density at radius 3 is 2.35 bits per heavy atom. The highest BCUT2D eigenvalue weighted by Gasteiger charge is 2.10. The molecule has 0 aliphatic heterocycles. The topological polar surface area (TPSA) is 28.2 Å². The standard InChI is InChI=1S/C17H23N3/c1-12-9-13(2)11-15(10-12)14(3)19-16-7-6-8-18-17(16)20(4)5/h6-11,14,19H,1-5H3. The molecule has 1 N–H and O–H groups in total. The molecule has 2 aromatic rings. The van der Waals surface area contributed by atoms with Crippen LogP contribution >= 0.6 is 0 Å². The van der Waals surface area contributed by atoms with Gasteiger partial charge in [-0.2, -0.15) is 0 Å². The fourth-order valence-electron chi connectivity index (χ4n) is 2.44. The molecule has 1 aromatic heterocycles. The lowest BCUT2D eigenvalue weighted by Crippen LogP contribution is -2.15. The lowest BCUT2D eigenvalue weighted by molar-refractivity contribution is 0.876. The van der Waals surface area contributed by atoms with Crippen molar-refractivity contribution in [2.75, 3.05) is 24.3 Å². The minimum atomic E-state index is 0.247. The fourth-order valence-corrected chi connectivity index (χ4v) is 2.44. The first-order valence-electron chi connectivity index (χ1n) is 6.94. The van der Waals surface area contributed by atoms with Crippen molar-refractivity contribution in [2.45, 2.75) is 26.8 Å². The number of aromatic nitrogens is 1. The number of hydrogen-bond donors (Lipinski definition) is 1. The van der Waals surface area contributed by atoms with E-state index in [1.54, 1.807) is 0 Å². The first kappa shape index (κ1) is 14.4. The van der Waals surface area contributed by atoms with Crippen LogP contribution < -0.4 is 10.2 Å². The highest BCUT2D eigenvalue weighted by atomic mass is 15.2. The molecule has 0 spiro atoms. The lowest BCUT2D eigenvalue weighted by Gasteiger charge is -2.21. The molecule has 1 unspecified atom stereocenters. The first-order chi connectivity index (χ1) is 9.47. The third kappa shape index (κ3) is 3.29. The monoisotopic (exact) mass is 269 g/mol. The maximum atomic E-state index is 4.42. The van der Waals surface area contributed by atoms with E-state index in [1.165, 1.54) is 16.7 Å². The van der Waals surface area contributed by atoms with Crippen LogP contribution in [0.25, 0.3) is 0 Å². The van der Waals surface area contributed by atoms with Gasteiger partial charge in [0.25, 0.3) is 0 Å². The van der Waals surface area contributed by atoms with E-state index in [0.29, 0.717) is 0 Å². The van der Waals surface area contributed by atoms with Crippen LogP contribution in [0.15, 0.2) is 36.5 Å². The Hall–Kier alpha value is -2.03. The summed E-state index contributed by atoms with van der Waals surface area (Å²) in [5, 5.41) is 3.56. The van der Waals surface area contributed by atoms with Gasteiger partial charge in [-0.25, -0.2) is 4.98 Å². The summed E-state index contributed by atoms with van der Waals surface area (Å²) in [5.41, 5.74) is 4.96. The Labute approximate surface area is 121 Å². The number of nitrogens with one attached hydrogen (secondary N) is 1. The molecule has 1 heterocycles. The van der Waals surface area contributed by atoms with Crippen molar-refractivity contribution in [1.29, 1.82) is 0 Å². The SMILES string of the molecule is Cc1cc(C)cc(C(C)Nc2cccnc2N(C)C)c1. The van der Waals surface area contributed by atoms with Crippen LogP contribution in [-0.2, 0) is 0 Å². The largest absolute Gasteiger partial charge is 0.376 e. The van der Waals surface area contributed by atoms with Crippen molar-refractivity contribution >= 4 is 11.5 Å². The summed E-state index contributed by atoms with van der Waals surface area (Å²) in [6.07, 6.45) is 1.82. The van der Waals surface area contributed by atoms with Gasteiger partial charge in [-0.15, -0.1) is 0 Å². The molecule has 3 nitrogen and oxygen atoms in total. The molecule has 1 atom stereocenters. The predicted octanol–water partition coefficient (Wildman–Crippen LogP) is 3.94. The molecule has 1 aromatic carbocycles. The van der Waals surface area contributed by atoms with E-state index in [1.807, 2.05) is 31.3 Å². The van der Waals surface area contributed by atoms with Gasteiger partial charge in [0.05, 0.1) is 5.69 Å². The van der Waals surface area contributed by atoms with Crippen LogP contribution in [-0.4, -0.2) is 19.1 Å². The van der Waals surface area contributed by atoms with Crippen molar-refractivity contribution in [1.82, 2.24) is 4.98 Å². The number of benzene rings is 1. The fraction of sp³-hybridized carbons (Fsp3) is 0.353. The van der Waals surface area contributed by atoms with Crippen molar-refractivity contribution in [2.24, 2.45) is 0 Å². The molecular weight excluding hydrogens is 246 g/mol. The maximum absolute atomic E-state index is 4.42. The summed E-state index contributed by atoms with van der Waals surface area (Å²) in [6, 6.07) is 10.9. The summed E-state index contributed by atoms with van der Waals surface area (Å²) in [4.78, 5) is 6.45. The van der Waals surface area contributed by atoms with E-state index in [9.17, 15) is 0 Å². The average Bonchev–Trinajstić information content (AvgIpc) is 2.37. The number of hydrogen-bond acceptors (Lipinski definition) is 3. The third-order valence-electron chi connectivity index (χ3n) is 3.33. The van der Waals surface area contributed by atoms with Gasteiger partial charge in [-0.3, -0.25) is 0 Å². The van der Waals surface area contributed by atoms with E-state index in [-0.39, 0.29) is 6.04 Å². The van der Waals surface area contributed by atoms with Crippen molar-refractivity contribution in [3.05, 3.63) is 53.2 Å². The van der Waals surface area contributed by atoms with Crippen LogP contribution in [0.4, 0.5) is 11.5 Å². The van der Waals surface area contributed by atoms with Gasteiger partial charge in [0, 0.05) is 26.3 Å². The van der Waals surface area contributed by atoms with Gasteiger partial charge in [-0.05, 0) is 38.5 Å². The zero-order chi connectivity index (χ0) is 14.7. The lowest BCUT2D eigenvalue weighted by atomic mass is 10.0. The number of nitrogens with zero attached hydrogens (tertiary/aromatic N) is 2. The van der Waals surface area contributed by atoms with Crippen LogP contribution in [0.3, 0.4) is 0 Å². The Morgan fingerprint density at radius 2 is 1.75 bits per heavy atom. The Morgan fingerprint density at radius 1 is 1.10 bits per heavy atom. The first-order valence-corrected chi connectivity index (χ1v) is 6.94. The number of aryl methyl sites for hydroxylation is 2. The minimum absolute atomic E-state index is 0.247. The summed E-state index contributed by atoms with van der Waals surface area (Å²) in [6.45, 7) is 6.46. The highest BCUT2D eigenvalue weighted by molar-refractivity contribution is 5.65. The molecule has 0 aliphatic carbocycles. The molecule has 0 amide bonds. The minimum Gasteiger partial charge on any atom is -0.376 e. The van der Waals surface area contributed by atoms with E-state index in [4.69, 9.17) is 0 Å². The van der Waals surface area contributed by atoms with Crippen LogP contribution in [0, 0.1) is 13.8 Å². The molecule has 20 heavy (non-hydrogen) atoms. The number of anilines is 2. The van der Waals surface area contributed by atoms with Crippen LogP contribution in [0.1, 0.15) is 29.7 Å². The molecule has 0 bridgehead atoms. The molecule has 2 rings (SSSR count). The van der Waals surface area contributed by atoms with E-state index < -0.39 is 0 Å². The van der Waals surface area contributed by atoms with Gasteiger partial charge >= 0.3 is 0 Å². The van der Waals surface area contributed by atoms with Gasteiger partial charge in [0.15, 0.2) is 5.82 Å². The summed E-state index contributed by atoms with van der Waals surface area (Å²) >= 11 is 0. The number of pyridine rings is 1. The molecule has 3 heteroatoms. The quantitative estimate of drug-likeness (QED) is 0.911. The van der Waals surface area contributed by atoms with Gasteiger partial charge in [0.1, 0.15) is 0 Å². The van der Waals surface area contributed by atoms with Crippen LogP contribution in [0.5, 0.6) is 0 Å². The third-order valence-corrected chi connectivity index (χ3v) is 3.33. The molecule has 0 saturated carbocycles. The summed E-state index contributed by atoms with van der Waals surface area (Å²) in [5.74, 6) is 0.962. The second kappa shape index (κ2) is 5.95. The smallest absolute Gasteiger partial charge is 0.151 e. The molecular formula is C17H23N3. The highest BCUT2D eigenvalue weighted by Crippen LogP contribution is 2.26. The van der Waals surface area contributed by atoms with E-state index in [0.717, 1.165) is 11.5 Å². The normalized spacial score (nSPS) is 12.1. The van der Waals surface area contributed by atoms with Crippen molar-refractivity contribution < 1.29 is 0 Å². The Bertz CT molecular complexity index is 570. The van der Waals surface area contributed by atoms with Crippen molar-refractivity contribution in [3.63, 3.8) is 0 Å². The zero-order valence-electron chi connectivity index (χ0n) is 12.9. The average molecular weight is 269 g/mol. The second-order valence-corrected chi connectivity index (χ2v) is 5.56. The molecule has 0 saturated heterocycles. The molecule has 0 radical (unpaired) electrons. The predicted molar refractivity (Wildman–Crippen MR) is 86.5 cm³/mol. The van der Waals surface area contributed by atoms with Gasteiger partial charge < -0.3 is 10.2 Å². The second-order valence-electron chi connectivity index (χ2n) is 5.56. The summed E-state index contributed by atoms with van der Waals surface area (Å²) < 4.78 is 0. The Kier molecular flexibility index (Phi) is 4.28. The zero-order valence-corrected chi connectivity index (χ0v) is 12.9. The maximum Gasteiger partial charge on any atom is 0.151 e. The van der Waals surface area contributed by atoms with E-state index in [2.05, 4.69) is 55.3 Å². The molecule has 0 aliphatic rings. The van der Waals surface area contributed by atoms with E-state index >= 15 is 0 Å². The summed E-state index contributed by atoms with van der Waals surface area (Å²) in [7, 11) is 4.02. The molecule has 0 fully saturated rings. The van der Waals surface area contributed by atoms with Gasteiger partial charge in [-0.1, -0.05) is 29.3 Å².